The van der Waals surface area contributed by atoms with Crippen molar-refractivity contribution in [1.29, 1.82) is 0 Å². The Hall–Kier alpha value is -2.65. The van der Waals surface area contributed by atoms with Crippen LogP contribution in [0.5, 0.6) is 0 Å². The van der Waals surface area contributed by atoms with E-state index in [9.17, 15) is 27.9 Å². The van der Waals surface area contributed by atoms with Crippen molar-refractivity contribution in [2.75, 3.05) is 36.5 Å². The van der Waals surface area contributed by atoms with Gasteiger partial charge >= 0.3 is 0 Å². The van der Waals surface area contributed by atoms with E-state index >= 15 is 0 Å². The van der Waals surface area contributed by atoms with Crippen LogP contribution in [0.2, 0.25) is 0 Å². The summed E-state index contributed by atoms with van der Waals surface area (Å²) in [5.74, 6) is 0.660. The minimum absolute atomic E-state index is 0.281. The van der Waals surface area contributed by atoms with Crippen molar-refractivity contribution in [2.24, 2.45) is 10.4 Å². The fourth-order valence-electron chi connectivity index (χ4n) is 6.00. The molecule has 4 rings (SSSR count). The minimum Gasteiger partial charge on any atom is -0.352 e. The molecule has 244 valence electrons. The van der Waals surface area contributed by atoms with Crippen LogP contribution in [0.25, 0.3) is 0 Å². The van der Waals surface area contributed by atoms with E-state index in [1.165, 1.54) is 7.05 Å². The lowest BCUT2D eigenvalue weighted by Crippen LogP contribution is -2.38. The molecule has 0 bridgehead atoms. The Morgan fingerprint density at radius 3 is 2.40 bits per heavy atom. The summed E-state index contributed by atoms with van der Waals surface area (Å²) in [6.07, 6.45) is 14.6. The number of rotatable bonds is 13. The third kappa shape index (κ3) is 7.51. The van der Waals surface area contributed by atoms with Crippen molar-refractivity contribution in [2.45, 2.75) is 57.0 Å². The number of benzene rings is 1. The third-order valence-electron chi connectivity index (χ3n) is 8.44. The number of likely N-dealkylation sites (N-methyl/N-ethyl adjacent to an activating group) is 1. The number of amides is 1. The molecule has 3 aliphatic rings. The van der Waals surface area contributed by atoms with E-state index in [1.54, 1.807) is 18.3 Å². The zero-order valence-electron chi connectivity index (χ0n) is 26.2. The smallest absolute Gasteiger partial charge is 0.278 e. The number of anilines is 1. The Balaban J connectivity index is 1.59. The highest BCUT2D eigenvalue weighted by molar-refractivity contribution is 7.93. The van der Waals surface area contributed by atoms with Gasteiger partial charge in [-0.1, -0.05) is 45.9 Å². The van der Waals surface area contributed by atoms with Crippen LogP contribution in [0.4, 0.5) is 5.69 Å². The molecule has 0 radical (unpaired) electrons. The number of carbonyl (C=O) groups excluding carboxylic acids is 1. The highest BCUT2D eigenvalue weighted by Crippen LogP contribution is 2.48. The van der Waals surface area contributed by atoms with Gasteiger partial charge in [-0.05, 0) is 84.5 Å². The quantitative estimate of drug-likeness (QED) is 0.0469. The minimum atomic E-state index is -2.07. The van der Waals surface area contributed by atoms with Crippen LogP contribution in [0, 0.1) is 5.41 Å². The maximum Gasteiger partial charge on any atom is 0.278 e. The van der Waals surface area contributed by atoms with E-state index in [0.717, 1.165) is 58.7 Å². The van der Waals surface area contributed by atoms with Crippen LogP contribution in [0.1, 0.15) is 46.1 Å². The fourth-order valence-corrected chi connectivity index (χ4v) is 6.92. The molecule has 10 nitrogen and oxygen atoms in total. The third-order valence-corrected chi connectivity index (χ3v) is 10.0. The van der Waals surface area contributed by atoms with Gasteiger partial charge in [0, 0.05) is 65.8 Å². The zero-order valence-corrected chi connectivity index (χ0v) is 28.7. The molecule has 45 heavy (non-hydrogen) atoms. The molecule has 1 amide bonds. The summed E-state index contributed by atoms with van der Waals surface area (Å²) in [6, 6.07) is 5.38. The van der Waals surface area contributed by atoms with Crippen molar-refractivity contribution in [1.82, 2.24) is 9.96 Å². The second-order valence-electron chi connectivity index (χ2n) is 12.1. The first-order valence-electron chi connectivity index (χ1n) is 14.7. The lowest BCUT2D eigenvalue weighted by molar-refractivity contribution is -0.154. The Morgan fingerprint density at radius 1 is 1.07 bits per heavy atom. The van der Waals surface area contributed by atoms with Crippen LogP contribution in [-0.2, 0) is 21.3 Å². The lowest BCUT2D eigenvalue weighted by atomic mass is 9.78. The lowest BCUT2D eigenvalue weighted by Gasteiger charge is -2.34. The zero-order chi connectivity index (χ0) is 32.9. The molecule has 0 fully saturated rings. The Morgan fingerprint density at radius 2 is 1.76 bits per heavy atom. The molecule has 3 heterocycles. The molecule has 0 saturated carbocycles. The topological polar surface area (TPSA) is 137 Å². The summed E-state index contributed by atoms with van der Waals surface area (Å²) in [5.41, 5.74) is 4.35. The SMILES string of the molecule is CN(O)C(=O)C1=CN(CCCSO)C2N=C(/C=C/C=C/C=C3/N(CCCSO)c4ccc(S(=O)O)cc4C3(C)C)C(C)(C)C2=C1. The molecule has 0 aromatic heterocycles. The van der Waals surface area contributed by atoms with Gasteiger partial charge in [-0.3, -0.25) is 15.0 Å². The summed E-state index contributed by atoms with van der Waals surface area (Å²) in [6.45, 7) is 9.63. The number of hydrogen-bond donors (Lipinski definition) is 4. The van der Waals surface area contributed by atoms with Gasteiger partial charge in [0.05, 0.1) is 10.5 Å². The van der Waals surface area contributed by atoms with Crippen molar-refractivity contribution in [3.8, 4) is 0 Å². The highest BCUT2D eigenvalue weighted by atomic mass is 32.2. The molecular weight excluding hydrogens is 633 g/mol. The maximum atomic E-state index is 12.7. The van der Waals surface area contributed by atoms with Crippen LogP contribution < -0.4 is 4.90 Å². The first kappa shape index (κ1) is 35.2. The monoisotopic (exact) mass is 674 g/mol. The first-order valence-corrected chi connectivity index (χ1v) is 17.7. The molecule has 1 aromatic carbocycles. The van der Waals surface area contributed by atoms with Gasteiger partial charge in [0.15, 0.2) is 11.1 Å². The molecule has 1 aromatic rings. The van der Waals surface area contributed by atoms with E-state index in [0.29, 0.717) is 46.5 Å². The molecule has 0 saturated heterocycles. The Kier molecular flexibility index (Phi) is 11.6. The number of nitrogens with zero attached hydrogens (tertiary/aromatic N) is 4. The largest absolute Gasteiger partial charge is 0.352 e. The van der Waals surface area contributed by atoms with E-state index in [-0.39, 0.29) is 6.17 Å². The van der Waals surface area contributed by atoms with Crippen molar-refractivity contribution in [3.63, 3.8) is 0 Å². The average Bonchev–Trinajstić information content (AvgIpc) is 3.37. The molecular formula is C32H42N4O6S3. The maximum absolute atomic E-state index is 12.7. The molecule has 0 spiro atoms. The Labute approximate surface area is 276 Å². The summed E-state index contributed by atoms with van der Waals surface area (Å²) in [7, 11) is 1.31. The summed E-state index contributed by atoms with van der Waals surface area (Å²) < 4.78 is 39.9. The predicted octanol–water partition coefficient (Wildman–Crippen LogP) is 6.33. The molecule has 2 unspecified atom stereocenters. The van der Waals surface area contributed by atoms with Gasteiger partial charge in [0.1, 0.15) is 6.17 Å². The van der Waals surface area contributed by atoms with Gasteiger partial charge in [0.25, 0.3) is 5.91 Å². The molecule has 2 atom stereocenters. The van der Waals surface area contributed by atoms with E-state index < -0.39 is 27.8 Å². The normalized spacial score (nSPS) is 21.7. The second-order valence-corrected chi connectivity index (χ2v) is 14.4. The predicted molar refractivity (Wildman–Crippen MR) is 184 cm³/mol. The number of fused-ring (bicyclic) bond motifs is 2. The van der Waals surface area contributed by atoms with Crippen LogP contribution in [-0.4, -0.2) is 82.5 Å². The van der Waals surface area contributed by atoms with Gasteiger partial charge in [-0.15, -0.1) is 0 Å². The van der Waals surface area contributed by atoms with Gasteiger partial charge in [-0.25, -0.2) is 9.27 Å². The molecule has 0 aliphatic carbocycles. The number of aliphatic imine (C=N–C) groups is 1. The number of carbonyl (C=O) groups is 1. The van der Waals surface area contributed by atoms with Crippen LogP contribution in [0.15, 0.2) is 87.6 Å². The highest BCUT2D eigenvalue weighted by Gasteiger charge is 2.43. The summed E-state index contributed by atoms with van der Waals surface area (Å²) in [4.78, 5) is 22.2. The van der Waals surface area contributed by atoms with E-state index in [2.05, 4.69) is 38.7 Å². The van der Waals surface area contributed by atoms with Crippen molar-refractivity contribution < 1.29 is 27.9 Å². The van der Waals surface area contributed by atoms with Gasteiger partial charge < -0.3 is 23.5 Å². The Bertz CT molecular complexity index is 1500. The van der Waals surface area contributed by atoms with Gasteiger partial charge in [0.2, 0.25) is 0 Å². The van der Waals surface area contributed by atoms with E-state index in [4.69, 9.17) is 4.99 Å². The van der Waals surface area contributed by atoms with Crippen LogP contribution in [0.3, 0.4) is 0 Å². The summed E-state index contributed by atoms with van der Waals surface area (Å²) in [5, 5.41) is 10.4. The number of hydrogen-bond acceptors (Lipinski definition) is 10. The molecule has 13 heteroatoms. The second kappa shape index (κ2) is 14.8. The number of hydroxylamine groups is 2. The van der Waals surface area contributed by atoms with Crippen molar-refractivity contribution in [3.05, 3.63) is 83.3 Å². The first-order chi connectivity index (χ1) is 21.3. The molecule has 3 aliphatic heterocycles. The number of allylic oxidation sites excluding steroid dienone is 6. The van der Waals surface area contributed by atoms with Crippen molar-refractivity contribution >= 4 is 52.5 Å². The summed E-state index contributed by atoms with van der Waals surface area (Å²) >= 11 is -0.471. The molecule has 4 N–H and O–H groups in total. The van der Waals surface area contributed by atoms with Gasteiger partial charge in [-0.2, -0.15) is 0 Å². The fraction of sp³-hybridized carbons (Fsp3) is 0.438. The van der Waals surface area contributed by atoms with E-state index in [1.807, 2.05) is 41.3 Å². The average molecular weight is 675 g/mol. The standard InChI is InChI=1S/C32H42N4O6S3/c1-31(2)25-19-22(30(37)34(5)38)21-35(15-9-17-43-39)29(25)33-27(31)11-7-6-8-12-28-32(3,4)24-20-23(45(41)42)13-14-26(24)36(28)16-10-18-44-40/h6-8,11-14,19-21,29,38-40H,9-10,15-18H2,1-5H3,(H,41,42)/b8-6+,11-7+,28-12+. The van der Waals surface area contributed by atoms with Crippen LogP contribution >= 0.6 is 24.1 Å².